The van der Waals surface area contributed by atoms with E-state index in [1.807, 2.05) is 20.8 Å². The minimum absolute atomic E-state index is 0.0276. The summed E-state index contributed by atoms with van der Waals surface area (Å²) in [6, 6.07) is 0. The Morgan fingerprint density at radius 1 is 0.904 bits per heavy atom. The lowest BCUT2D eigenvalue weighted by Gasteiger charge is -2.64. The average Bonchev–Trinajstić information content (AvgIpc) is 3.70. The summed E-state index contributed by atoms with van der Waals surface area (Å²) in [5, 5.41) is 23.8. The summed E-state index contributed by atoms with van der Waals surface area (Å²) >= 11 is 0. The molecule has 52 heavy (non-hydrogen) atoms. The first-order valence-electron chi connectivity index (χ1n) is 22.3. The Bertz CT molecular complexity index is 1280. The number of ether oxygens (including phenoxy) is 4. The summed E-state index contributed by atoms with van der Waals surface area (Å²) in [5.74, 6) is 2.72. The Hall–Kier alpha value is -0.280. The number of rotatable bonds is 8. The lowest BCUT2D eigenvalue weighted by atomic mass is 9.41. The normalized spacial score (nSPS) is 50.1. The molecule has 2 aliphatic heterocycles. The van der Waals surface area contributed by atoms with Crippen LogP contribution in [0.15, 0.2) is 0 Å². The van der Waals surface area contributed by atoms with E-state index < -0.39 is 17.8 Å². The fourth-order valence-electron chi connectivity index (χ4n) is 15.9. The monoisotopic (exact) mass is 728 g/mol. The summed E-state index contributed by atoms with van der Waals surface area (Å²) in [5.41, 5.74) is -0.393. The Balaban J connectivity index is 0.971. The summed E-state index contributed by atoms with van der Waals surface area (Å²) in [6.07, 6.45) is 18.1. The highest BCUT2D eigenvalue weighted by atomic mass is 16.7. The molecule has 298 valence electrons. The molecule has 14 unspecified atom stereocenters. The van der Waals surface area contributed by atoms with Gasteiger partial charge in [0, 0.05) is 31.7 Å². The lowest BCUT2D eigenvalue weighted by molar-refractivity contribution is -0.249. The Morgan fingerprint density at radius 2 is 1.60 bits per heavy atom. The molecule has 0 radical (unpaired) electrons. The molecule has 0 aromatic rings. The minimum atomic E-state index is -1.01. The molecule has 6 aliphatic carbocycles. The summed E-state index contributed by atoms with van der Waals surface area (Å²) in [6.45, 7) is 22.7. The van der Waals surface area contributed by atoms with Gasteiger partial charge in [-0.1, -0.05) is 66.7 Å². The van der Waals surface area contributed by atoms with Crippen LogP contribution in [0.3, 0.4) is 0 Å². The topological polar surface area (TPSA) is 80.6 Å². The zero-order valence-corrected chi connectivity index (χ0v) is 34.5. The number of morpholine rings is 1. The lowest BCUT2D eigenvalue weighted by Crippen LogP contribution is -2.60. The molecule has 0 aromatic heterocycles. The van der Waals surface area contributed by atoms with Crippen LogP contribution in [0.1, 0.15) is 152 Å². The first-order chi connectivity index (χ1) is 24.6. The maximum atomic E-state index is 12.7. The standard InChI is InChI=1S/C45H77NO6/c1-9-49-39(41(5,6)48)31-25-29(2)36-37(51-31)38(47)43(8)33-18-17-32-40(3,4)34(19-20-44(32)28-45(33,44)22-21-42(36,43)7)52-35-27-46(23-24-50-35)26-30-15-13-11-10-12-14-16-30/h29-39,47-48H,9-28H2,1-8H3. The first kappa shape index (κ1) is 38.6. The van der Waals surface area contributed by atoms with Gasteiger partial charge in [0.15, 0.2) is 6.29 Å². The largest absolute Gasteiger partial charge is 0.390 e. The van der Waals surface area contributed by atoms with E-state index in [4.69, 9.17) is 18.9 Å². The molecule has 0 amide bonds. The Morgan fingerprint density at radius 3 is 2.31 bits per heavy atom. The van der Waals surface area contributed by atoms with Gasteiger partial charge in [0.2, 0.25) is 0 Å². The molecule has 7 heteroatoms. The molecule has 8 rings (SSSR count). The van der Waals surface area contributed by atoms with Crippen molar-refractivity contribution >= 4 is 0 Å². The maximum Gasteiger partial charge on any atom is 0.170 e. The molecule has 8 aliphatic rings. The fourth-order valence-corrected chi connectivity index (χ4v) is 15.9. The van der Waals surface area contributed by atoms with Crippen molar-refractivity contribution in [3.8, 4) is 0 Å². The number of hydrogen-bond donors (Lipinski definition) is 2. The van der Waals surface area contributed by atoms with E-state index in [-0.39, 0.29) is 40.8 Å². The second-order valence-electron chi connectivity index (χ2n) is 21.5. The maximum absolute atomic E-state index is 12.7. The summed E-state index contributed by atoms with van der Waals surface area (Å²) in [7, 11) is 0. The van der Waals surface area contributed by atoms with E-state index in [0.717, 1.165) is 38.5 Å². The van der Waals surface area contributed by atoms with Crippen molar-refractivity contribution < 1.29 is 29.2 Å². The van der Waals surface area contributed by atoms with Crippen LogP contribution >= 0.6 is 0 Å². The van der Waals surface area contributed by atoms with Gasteiger partial charge < -0.3 is 29.2 Å². The van der Waals surface area contributed by atoms with Gasteiger partial charge in [-0.2, -0.15) is 0 Å². The van der Waals surface area contributed by atoms with Crippen LogP contribution in [-0.4, -0.2) is 90.4 Å². The van der Waals surface area contributed by atoms with Gasteiger partial charge in [0.05, 0.1) is 36.6 Å². The van der Waals surface area contributed by atoms with E-state index >= 15 is 0 Å². The van der Waals surface area contributed by atoms with E-state index in [1.165, 1.54) is 90.0 Å². The molecule has 14 atom stereocenters. The van der Waals surface area contributed by atoms with E-state index in [9.17, 15) is 10.2 Å². The molecular formula is C45H77NO6. The third kappa shape index (κ3) is 5.79. The third-order valence-corrected chi connectivity index (χ3v) is 18.3. The predicted molar refractivity (Wildman–Crippen MR) is 205 cm³/mol. The SMILES string of the molecule is CCOC(C1CC(C)C2C(O1)C(O)C1(C)C3CCC4C(C)(C)C(OC5CN(CC6CCCCCCC6)CCO5)CCC45CC35CCC21C)C(C)(C)O. The molecule has 8 fully saturated rings. The third-order valence-electron chi connectivity index (χ3n) is 18.3. The van der Waals surface area contributed by atoms with Crippen LogP contribution in [0.4, 0.5) is 0 Å². The molecule has 7 nitrogen and oxygen atoms in total. The van der Waals surface area contributed by atoms with Gasteiger partial charge in [-0.25, -0.2) is 0 Å². The van der Waals surface area contributed by atoms with Crippen molar-refractivity contribution in [1.82, 2.24) is 4.90 Å². The van der Waals surface area contributed by atoms with Gasteiger partial charge >= 0.3 is 0 Å². The Labute approximate surface area is 317 Å². The average molecular weight is 728 g/mol. The van der Waals surface area contributed by atoms with Gasteiger partial charge in [-0.3, -0.25) is 4.90 Å². The van der Waals surface area contributed by atoms with Crippen LogP contribution in [-0.2, 0) is 18.9 Å². The minimum Gasteiger partial charge on any atom is -0.390 e. The highest BCUT2D eigenvalue weighted by Gasteiger charge is 2.84. The molecule has 2 N–H and O–H groups in total. The van der Waals surface area contributed by atoms with E-state index in [0.29, 0.717) is 41.1 Å². The van der Waals surface area contributed by atoms with Gasteiger partial charge in [0.25, 0.3) is 0 Å². The van der Waals surface area contributed by atoms with Crippen molar-refractivity contribution in [3.63, 3.8) is 0 Å². The van der Waals surface area contributed by atoms with Gasteiger partial charge in [-0.15, -0.1) is 0 Å². The van der Waals surface area contributed by atoms with E-state index in [2.05, 4.69) is 39.5 Å². The number of hydrogen-bond acceptors (Lipinski definition) is 7. The second-order valence-corrected chi connectivity index (χ2v) is 21.5. The van der Waals surface area contributed by atoms with E-state index in [1.54, 1.807) is 0 Å². The second kappa shape index (κ2) is 13.7. The molecule has 2 heterocycles. The zero-order valence-electron chi connectivity index (χ0n) is 34.5. The van der Waals surface area contributed by atoms with Crippen LogP contribution < -0.4 is 0 Å². The highest BCUT2D eigenvalue weighted by Crippen LogP contribution is 2.89. The van der Waals surface area contributed by atoms with Gasteiger partial charge in [0.1, 0.15) is 6.10 Å². The summed E-state index contributed by atoms with van der Waals surface area (Å²) in [4.78, 5) is 2.66. The van der Waals surface area contributed by atoms with Crippen LogP contribution in [0, 0.1) is 56.7 Å². The van der Waals surface area contributed by atoms with Crippen molar-refractivity contribution in [2.24, 2.45) is 56.7 Å². The summed E-state index contributed by atoms with van der Waals surface area (Å²) < 4.78 is 26.6. The van der Waals surface area contributed by atoms with Crippen molar-refractivity contribution in [1.29, 1.82) is 0 Å². The van der Waals surface area contributed by atoms with Crippen molar-refractivity contribution in [3.05, 3.63) is 0 Å². The fraction of sp³-hybridized carbons (Fsp3) is 1.00. The highest BCUT2D eigenvalue weighted by molar-refractivity contribution is 5.33. The van der Waals surface area contributed by atoms with Crippen LogP contribution in [0.2, 0.25) is 0 Å². The molecule has 0 bridgehead atoms. The number of fused-ring (bicyclic) bond motifs is 4. The molecule has 0 aromatic carbocycles. The van der Waals surface area contributed by atoms with Crippen molar-refractivity contribution in [2.45, 2.75) is 194 Å². The van der Waals surface area contributed by atoms with Gasteiger partial charge in [-0.05, 0) is 136 Å². The molecule has 6 saturated carbocycles. The first-order valence-corrected chi connectivity index (χ1v) is 22.3. The zero-order chi connectivity index (χ0) is 36.9. The van der Waals surface area contributed by atoms with Crippen LogP contribution in [0.5, 0.6) is 0 Å². The number of aliphatic hydroxyl groups is 2. The molecular weight excluding hydrogens is 650 g/mol. The Kier molecular flexibility index (Phi) is 10.2. The van der Waals surface area contributed by atoms with Crippen LogP contribution in [0.25, 0.3) is 0 Å². The molecule has 2 saturated heterocycles. The quantitative estimate of drug-likeness (QED) is 0.260. The predicted octanol–water partition coefficient (Wildman–Crippen LogP) is 8.38. The van der Waals surface area contributed by atoms with Crippen molar-refractivity contribution in [2.75, 3.05) is 32.8 Å². The number of aliphatic hydroxyl groups excluding tert-OH is 1. The number of nitrogens with zero attached hydrogens (tertiary/aromatic N) is 1. The smallest absolute Gasteiger partial charge is 0.170 e. The molecule has 2 spiro atoms.